The van der Waals surface area contributed by atoms with Crippen molar-refractivity contribution in [2.24, 2.45) is 5.92 Å². The molecule has 0 spiro atoms. The first-order valence-corrected chi connectivity index (χ1v) is 7.97. The predicted molar refractivity (Wildman–Crippen MR) is 91.9 cm³/mol. The molecule has 4 heteroatoms. The van der Waals surface area contributed by atoms with Crippen LogP contribution >= 0.6 is 0 Å². The number of ether oxygens (including phenoxy) is 1. The molecule has 0 aromatic heterocycles. The third-order valence-corrected chi connectivity index (χ3v) is 3.66. The van der Waals surface area contributed by atoms with Gasteiger partial charge in [0.25, 0.3) is 5.91 Å². The lowest BCUT2D eigenvalue weighted by Gasteiger charge is -2.12. The Balaban J connectivity index is 2.21. The molecule has 0 saturated carbocycles. The van der Waals surface area contributed by atoms with E-state index in [1.165, 1.54) is 5.57 Å². The van der Waals surface area contributed by atoms with Gasteiger partial charge in [-0.15, -0.1) is 0 Å². The fraction of sp³-hybridized carbons (Fsp3) is 0.421. The maximum atomic E-state index is 12.1. The van der Waals surface area contributed by atoms with Gasteiger partial charge in [0, 0.05) is 0 Å². The number of aliphatic hydroxyl groups is 1. The van der Waals surface area contributed by atoms with Gasteiger partial charge in [-0.05, 0) is 55.5 Å². The van der Waals surface area contributed by atoms with Crippen molar-refractivity contribution in [3.8, 4) is 5.75 Å². The summed E-state index contributed by atoms with van der Waals surface area (Å²) in [4.78, 5) is 12.1. The molecule has 0 fully saturated rings. The van der Waals surface area contributed by atoms with Crippen molar-refractivity contribution in [3.05, 3.63) is 47.1 Å². The molecule has 124 valence electrons. The van der Waals surface area contributed by atoms with Gasteiger partial charge in [0.1, 0.15) is 18.6 Å². The van der Waals surface area contributed by atoms with Crippen LogP contribution in [0.25, 0.3) is 5.57 Å². The number of carbonyl (C=O) groups excluding carboxylic acids is 1. The topological polar surface area (TPSA) is 58.6 Å². The third kappa shape index (κ3) is 4.45. The first-order chi connectivity index (χ1) is 10.9. The molecule has 0 radical (unpaired) electrons. The number of aliphatic hydroxyl groups excluding tert-OH is 1. The van der Waals surface area contributed by atoms with Crippen LogP contribution in [0.5, 0.6) is 5.75 Å². The van der Waals surface area contributed by atoms with Crippen LogP contribution in [0.1, 0.15) is 39.7 Å². The van der Waals surface area contributed by atoms with E-state index in [0.29, 0.717) is 24.5 Å². The molecule has 1 heterocycles. The molecule has 1 aromatic carbocycles. The molecule has 0 aliphatic carbocycles. The Hall–Kier alpha value is -2.07. The zero-order chi connectivity index (χ0) is 17.0. The number of allylic oxidation sites excluding steroid dienone is 1. The Morgan fingerprint density at radius 2 is 1.96 bits per heavy atom. The standard InChI is InChI=1S/C19H25NO3/c1-12(2)9-10-23-15-7-5-14(6-8-15)17-16(11-13(3)4)18(21)20-19(17)22/h5-9,13,18,21H,10-11H2,1-4H3,(H,20,22). The van der Waals surface area contributed by atoms with Crippen molar-refractivity contribution in [1.82, 2.24) is 5.32 Å². The average Bonchev–Trinajstić information content (AvgIpc) is 2.73. The van der Waals surface area contributed by atoms with Crippen molar-refractivity contribution >= 4 is 11.5 Å². The second kappa shape index (κ2) is 7.47. The second-order valence-electron chi connectivity index (χ2n) is 6.49. The van der Waals surface area contributed by atoms with Gasteiger partial charge in [-0.25, -0.2) is 0 Å². The fourth-order valence-corrected chi connectivity index (χ4v) is 2.56. The summed E-state index contributed by atoms with van der Waals surface area (Å²) in [5.74, 6) is 0.914. The van der Waals surface area contributed by atoms with Crippen LogP contribution in [-0.4, -0.2) is 23.8 Å². The first kappa shape index (κ1) is 17.3. The predicted octanol–water partition coefficient (Wildman–Crippen LogP) is 3.28. The van der Waals surface area contributed by atoms with E-state index in [-0.39, 0.29) is 5.91 Å². The Kier molecular flexibility index (Phi) is 5.61. The van der Waals surface area contributed by atoms with E-state index in [4.69, 9.17) is 4.74 Å². The van der Waals surface area contributed by atoms with E-state index in [2.05, 4.69) is 19.2 Å². The fourth-order valence-electron chi connectivity index (χ4n) is 2.56. The zero-order valence-corrected chi connectivity index (χ0v) is 14.2. The highest BCUT2D eigenvalue weighted by Crippen LogP contribution is 2.31. The van der Waals surface area contributed by atoms with Crippen molar-refractivity contribution in [1.29, 1.82) is 0 Å². The molecule has 0 saturated heterocycles. The number of benzene rings is 1. The van der Waals surface area contributed by atoms with Gasteiger partial charge in [0.05, 0.1) is 5.57 Å². The number of amides is 1. The maximum absolute atomic E-state index is 12.1. The summed E-state index contributed by atoms with van der Waals surface area (Å²) in [6.07, 6.45) is 1.82. The highest BCUT2D eigenvalue weighted by atomic mass is 16.5. The largest absolute Gasteiger partial charge is 0.490 e. The van der Waals surface area contributed by atoms with E-state index in [1.54, 1.807) is 0 Å². The van der Waals surface area contributed by atoms with Crippen LogP contribution in [0, 0.1) is 5.92 Å². The van der Waals surface area contributed by atoms with Crippen molar-refractivity contribution in [2.75, 3.05) is 6.61 Å². The van der Waals surface area contributed by atoms with Gasteiger partial charge in [-0.3, -0.25) is 4.79 Å². The Morgan fingerprint density at radius 1 is 1.30 bits per heavy atom. The van der Waals surface area contributed by atoms with Crippen LogP contribution in [0.3, 0.4) is 0 Å². The maximum Gasteiger partial charge on any atom is 0.254 e. The Morgan fingerprint density at radius 3 is 2.52 bits per heavy atom. The zero-order valence-electron chi connectivity index (χ0n) is 14.2. The first-order valence-electron chi connectivity index (χ1n) is 7.97. The van der Waals surface area contributed by atoms with Crippen molar-refractivity contribution in [3.63, 3.8) is 0 Å². The minimum absolute atomic E-state index is 0.216. The molecule has 1 aliphatic heterocycles. The lowest BCUT2D eigenvalue weighted by molar-refractivity contribution is -0.116. The number of hydrogen-bond acceptors (Lipinski definition) is 3. The molecule has 1 amide bonds. The van der Waals surface area contributed by atoms with E-state index in [1.807, 2.05) is 44.2 Å². The Labute approximate surface area is 137 Å². The number of hydrogen-bond donors (Lipinski definition) is 2. The van der Waals surface area contributed by atoms with Crippen LogP contribution in [-0.2, 0) is 4.79 Å². The highest BCUT2D eigenvalue weighted by molar-refractivity contribution is 6.22. The van der Waals surface area contributed by atoms with Crippen LogP contribution < -0.4 is 10.1 Å². The molecule has 0 bridgehead atoms. The summed E-state index contributed by atoms with van der Waals surface area (Å²) in [6, 6.07) is 7.44. The quantitative estimate of drug-likeness (QED) is 0.792. The Bertz CT molecular complexity index is 623. The third-order valence-electron chi connectivity index (χ3n) is 3.66. The van der Waals surface area contributed by atoms with Gasteiger partial charge in [-0.1, -0.05) is 31.6 Å². The minimum atomic E-state index is -0.881. The molecule has 2 N–H and O–H groups in total. The number of rotatable bonds is 6. The molecule has 23 heavy (non-hydrogen) atoms. The van der Waals surface area contributed by atoms with E-state index >= 15 is 0 Å². The van der Waals surface area contributed by atoms with Gasteiger partial charge in [0.2, 0.25) is 0 Å². The molecule has 1 aromatic rings. The lowest BCUT2D eigenvalue weighted by Crippen LogP contribution is -2.28. The molecular formula is C19H25NO3. The summed E-state index contributed by atoms with van der Waals surface area (Å²) in [6.45, 7) is 8.72. The van der Waals surface area contributed by atoms with E-state index in [0.717, 1.165) is 16.9 Å². The summed E-state index contributed by atoms with van der Waals surface area (Å²) in [5.41, 5.74) is 3.37. The monoisotopic (exact) mass is 315 g/mol. The van der Waals surface area contributed by atoms with Gasteiger partial charge < -0.3 is 15.2 Å². The summed E-state index contributed by atoms with van der Waals surface area (Å²) < 4.78 is 5.63. The summed E-state index contributed by atoms with van der Waals surface area (Å²) in [5, 5.41) is 12.6. The summed E-state index contributed by atoms with van der Waals surface area (Å²) >= 11 is 0. The van der Waals surface area contributed by atoms with Crippen molar-refractivity contribution in [2.45, 2.75) is 40.3 Å². The van der Waals surface area contributed by atoms with E-state index in [9.17, 15) is 9.90 Å². The van der Waals surface area contributed by atoms with Gasteiger partial charge in [0.15, 0.2) is 0 Å². The molecule has 1 aliphatic rings. The molecular weight excluding hydrogens is 290 g/mol. The number of nitrogens with one attached hydrogen (secondary N) is 1. The van der Waals surface area contributed by atoms with Crippen LogP contribution in [0.15, 0.2) is 41.5 Å². The smallest absolute Gasteiger partial charge is 0.254 e. The summed E-state index contributed by atoms with van der Waals surface area (Å²) in [7, 11) is 0. The average molecular weight is 315 g/mol. The van der Waals surface area contributed by atoms with Crippen LogP contribution in [0.4, 0.5) is 0 Å². The molecule has 2 rings (SSSR count). The molecule has 1 unspecified atom stereocenters. The minimum Gasteiger partial charge on any atom is -0.490 e. The highest BCUT2D eigenvalue weighted by Gasteiger charge is 2.31. The second-order valence-corrected chi connectivity index (χ2v) is 6.49. The van der Waals surface area contributed by atoms with Crippen molar-refractivity contribution < 1.29 is 14.6 Å². The lowest BCUT2D eigenvalue weighted by atomic mass is 9.95. The van der Waals surface area contributed by atoms with Crippen LogP contribution in [0.2, 0.25) is 0 Å². The molecule has 1 atom stereocenters. The van der Waals surface area contributed by atoms with Gasteiger partial charge in [-0.2, -0.15) is 0 Å². The normalized spacial score (nSPS) is 17.5. The SMILES string of the molecule is CC(C)=CCOc1ccc(C2=C(CC(C)C)C(O)NC2=O)cc1. The molecule has 4 nitrogen and oxygen atoms in total. The van der Waals surface area contributed by atoms with Gasteiger partial charge >= 0.3 is 0 Å². The number of carbonyl (C=O) groups is 1. The van der Waals surface area contributed by atoms with E-state index < -0.39 is 6.23 Å².